The third kappa shape index (κ3) is 3.04. The summed E-state index contributed by atoms with van der Waals surface area (Å²) >= 11 is 0. The Kier molecular flexibility index (Phi) is 4.02. The lowest BCUT2D eigenvalue weighted by molar-refractivity contribution is 0.102. The number of ether oxygens (including phenoxy) is 1. The first-order chi connectivity index (χ1) is 9.22. The molecule has 0 bridgehead atoms. The van der Waals surface area contributed by atoms with Crippen LogP contribution in [0.15, 0.2) is 36.7 Å². The van der Waals surface area contributed by atoms with Gasteiger partial charge in [0.15, 0.2) is 0 Å². The summed E-state index contributed by atoms with van der Waals surface area (Å²) in [6.07, 6.45) is 2.83. The number of nitrogens with zero attached hydrogens (tertiary/aromatic N) is 2. The van der Waals surface area contributed by atoms with E-state index in [1.807, 2.05) is 0 Å². The summed E-state index contributed by atoms with van der Waals surface area (Å²) < 4.78 is 18.6. The van der Waals surface area contributed by atoms with E-state index in [-0.39, 0.29) is 5.56 Å². The lowest BCUT2D eigenvalue weighted by atomic mass is 10.2. The minimum Gasteiger partial charge on any atom is -0.476 e. The first kappa shape index (κ1) is 12.9. The largest absolute Gasteiger partial charge is 0.476 e. The van der Waals surface area contributed by atoms with Crippen molar-refractivity contribution in [2.45, 2.75) is 6.92 Å². The number of rotatable bonds is 4. The van der Waals surface area contributed by atoms with E-state index in [0.29, 0.717) is 18.2 Å². The van der Waals surface area contributed by atoms with Crippen LogP contribution in [0.1, 0.15) is 17.3 Å². The van der Waals surface area contributed by atoms with Crippen LogP contribution in [0.25, 0.3) is 0 Å². The predicted octanol–water partition coefficient (Wildman–Crippen LogP) is 2.27. The quantitative estimate of drug-likeness (QED) is 0.857. The Morgan fingerprint density at radius 2 is 2.05 bits per heavy atom. The van der Waals surface area contributed by atoms with E-state index in [1.54, 1.807) is 25.3 Å². The third-order valence-electron chi connectivity index (χ3n) is 2.30. The highest BCUT2D eigenvalue weighted by molar-refractivity contribution is 6.04. The number of halogens is 1. The molecule has 2 aromatic rings. The summed E-state index contributed by atoms with van der Waals surface area (Å²) in [5.41, 5.74) is 0.256. The number of anilines is 1. The van der Waals surface area contributed by atoms with Crippen LogP contribution in [0.2, 0.25) is 0 Å². The topological polar surface area (TPSA) is 64.1 Å². The van der Waals surface area contributed by atoms with E-state index in [9.17, 15) is 9.18 Å². The molecule has 0 aliphatic heterocycles. The zero-order valence-corrected chi connectivity index (χ0v) is 10.3. The Morgan fingerprint density at radius 3 is 2.79 bits per heavy atom. The molecule has 2 heterocycles. The van der Waals surface area contributed by atoms with Gasteiger partial charge >= 0.3 is 0 Å². The number of carbonyl (C=O) groups is 1. The van der Waals surface area contributed by atoms with Gasteiger partial charge in [0.1, 0.15) is 5.69 Å². The fourth-order valence-corrected chi connectivity index (χ4v) is 1.48. The second-order valence-electron chi connectivity index (χ2n) is 3.59. The molecule has 2 rings (SSSR count). The SMILES string of the molecule is CCOc1ncccc1NC(=O)c1cccnc1F. The molecule has 5 nitrogen and oxygen atoms in total. The summed E-state index contributed by atoms with van der Waals surface area (Å²) in [6, 6.07) is 6.13. The van der Waals surface area contributed by atoms with Crippen molar-refractivity contribution in [3.05, 3.63) is 48.2 Å². The summed E-state index contributed by atoms with van der Waals surface area (Å²) in [7, 11) is 0. The molecule has 0 unspecified atom stereocenters. The van der Waals surface area contributed by atoms with Crippen LogP contribution in [0, 0.1) is 5.95 Å². The zero-order valence-electron chi connectivity index (χ0n) is 10.3. The van der Waals surface area contributed by atoms with Crippen LogP contribution in [-0.2, 0) is 0 Å². The highest BCUT2D eigenvalue weighted by atomic mass is 19.1. The maximum absolute atomic E-state index is 13.4. The standard InChI is InChI=1S/C13H12FN3O2/c1-2-19-13-10(6-4-8-16-13)17-12(18)9-5-3-7-15-11(9)14/h3-8H,2H2,1H3,(H,17,18). The zero-order chi connectivity index (χ0) is 13.7. The molecule has 2 aromatic heterocycles. The Hall–Kier alpha value is -2.50. The maximum Gasteiger partial charge on any atom is 0.260 e. The minimum atomic E-state index is -0.818. The molecule has 0 aliphatic rings. The number of pyridine rings is 2. The van der Waals surface area contributed by atoms with Crippen LogP contribution in [0.3, 0.4) is 0 Å². The van der Waals surface area contributed by atoms with Gasteiger partial charge in [-0.3, -0.25) is 4.79 Å². The van der Waals surface area contributed by atoms with E-state index in [0.717, 1.165) is 0 Å². The van der Waals surface area contributed by atoms with Crippen molar-refractivity contribution < 1.29 is 13.9 Å². The number of nitrogens with one attached hydrogen (secondary N) is 1. The fourth-order valence-electron chi connectivity index (χ4n) is 1.48. The lowest BCUT2D eigenvalue weighted by Gasteiger charge is -2.09. The molecule has 6 heteroatoms. The second-order valence-corrected chi connectivity index (χ2v) is 3.59. The van der Waals surface area contributed by atoms with Crippen molar-refractivity contribution in [1.82, 2.24) is 9.97 Å². The van der Waals surface area contributed by atoms with Crippen molar-refractivity contribution in [1.29, 1.82) is 0 Å². The Bertz CT molecular complexity index is 590. The van der Waals surface area contributed by atoms with Crippen LogP contribution in [0.4, 0.5) is 10.1 Å². The smallest absolute Gasteiger partial charge is 0.260 e. The highest BCUT2D eigenvalue weighted by Crippen LogP contribution is 2.21. The minimum absolute atomic E-state index is 0.131. The normalized spacial score (nSPS) is 10.0. The van der Waals surface area contributed by atoms with Gasteiger partial charge in [-0.25, -0.2) is 9.97 Å². The second kappa shape index (κ2) is 5.90. The number of carbonyl (C=O) groups excluding carboxylic acids is 1. The summed E-state index contributed by atoms with van der Waals surface area (Å²) in [6.45, 7) is 2.22. The van der Waals surface area contributed by atoms with Gasteiger partial charge < -0.3 is 10.1 Å². The third-order valence-corrected chi connectivity index (χ3v) is 2.30. The van der Waals surface area contributed by atoms with Crippen molar-refractivity contribution in [3.63, 3.8) is 0 Å². The van der Waals surface area contributed by atoms with E-state index in [2.05, 4.69) is 15.3 Å². The molecule has 19 heavy (non-hydrogen) atoms. The molecule has 0 aromatic carbocycles. The lowest BCUT2D eigenvalue weighted by Crippen LogP contribution is -2.15. The van der Waals surface area contributed by atoms with E-state index < -0.39 is 11.9 Å². The Morgan fingerprint density at radius 1 is 1.32 bits per heavy atom. The maximum atomic E-state index is 13.4. The molecular formula is C13H12FN3O2. The van der Waals surface area contributed by atoms with Gasteiger partial charge in [0, 0.05) is 12.4 Å². The molecular weight excluding hydrogens is 249 g/mol. The fraction of sp³-hybridized carbons (Fsp3) is 0.154. The first-order valence-corrected chi connectivity index (χ1v) is 5.72. The average molecular weight is 261 g/mol. The molecule has 0 spiro atoms. The van der Waals surface area contributed by atoms with Gasteiger partial charge in [-0.1, -0.05) is 0 Å². The van der Waals surface area contributed by atoms with Crippen LogP contribution in [-0.4, -0.2) is 22.5 Å². The summed E-state index contributed by atoms with van der Waals surface area (Å²) in [4.78, 5) is 19.3. The van der Waals surface area contributed by atoms with Crippen LogP contribution >= 0.6 is 0 Å². The van der Waals surface area contributed by atoms with Gasteiger partial charge in [0.2, 0.25) is 11.8 Å². The van der Waals surface area contributed by atoms with Gasteiger partial charge in [-0.05, 0) is 31.2 Å². The molecule has 0 aliphatic carbocycles. The molecule has 1 N–H and O–H groups in total. The number of aromatic nitrogens is 2. The number of hydrogen-bond donors (Lipinski definition) is 1. The average Bonchev–Trinajstić information content (AvgIpc) is 2.41. The summed E-state index contributed by atoms with van der Waals surface area (Å²) in [5.74, 6) is -1.12. The van der Waals surface area contributed by atoms with Crippen molar-refractivity contribution in [2.24, 2.45) is 0 Å². The van der Waals surface area contributed by atoms with Gasteiger partial charge in [-0.15, -0.1) is 0 Å². The van der Waals surface area contributed by atoms with Gasteiger partial charge in [0.25, 0.3) is 5.91 Å². The van der Waals surface area contributed by atoms with Crippen molar-refractivity contribution in [2.75, 3.05) is 11.9 Å². The Labute approximate surface area is 109 Å². The number of hydrogen-bond acceptors (Lipinski definition) is 4. The van der Waals surface area contributed by atoms with Crippen molar-refractivity contribution in [3.8, 4) is 5.88 Å². The van der Waals surface area contributed by atoms with Crippen LogP contribution in [0.5, 0.6) is 5.88 Å². The van der Waals surface area contributed by atoms with Crippen LogP contribution < -0.4 is 10.1 Å². The number of amides is 1. The monoisotopic (exact) mass is 261 g/mol. The Balaban J connectivity index is 2.22. The molecule has 0 saturated heterocycles. The molecule has 0 saturated carbocycles. The van der Waals surface area contributed by atoms with Gasteiger partial charge in [0.05, 0.1) is 12.2 Å². The first-order valence-electron chi connectivity index (χ1n) is 5.72. The molecule has 0 radical (unpaired) electrons. The highest BCUT2D eigenvalue weighted by Gasteiger charge is 2.14. The molecule has 98 valence electrons. The molecule has 0 fully saturated rings. The van der Waals surface area contributed by atoms with Gasteiger partial charge in [-0.2, -0.15) is 4.39 Å². The van der Waals surface area contributed by atoms with Crippen molar-refractivity contribution >= 4 is 11.6 Å². The van der Waals surface area contributed by atoms with E-state index >= 15 is 0 Å². The molecule has 1 amide bonds. The predicted molar refractivity (Wildman–Crippen MR) is 67.6 cm³/mol. The van der Waals surface area contributed by atoms with E-state index in [1.165, 1.54) is 18.3 Å². The summed E-state index contributed by atoms with van der Waals surface area (Å²) in [5, 5.41) is 2.55. The van der Waals surface area contributed by atoms with E-state index in [4.69, 9.17) is 4.74 Å². The molecule has 0 atom stereocenters.